The zero-order valence-electron chi connectivity index (χ0n) is 16.6. The van der Waals surface area contributed by atoms with Gasteiger partial charge in [-0.05, 0) is 31.2 Å². The molecule has 0 fully saturated rings. The fourth-order valence-electron chi connectivity index (χ4n) is 2.94. The monoisotopic (exact) mass is 390 g/mol. The molecular formula is C21H22N6O2. The third-order valence-corrected chi connectivity index (χ3v) is 4.58. The van der Waals surface area contributed by atoms with E-state index in [1.807, 2.05) is 49.0 Å². The topological polar surface area (TPSA) is 89.9 Å². The van der Waals surface area contributed by atoms with Crippen LogP contribution in [0.3, 0.4) is 0 Å². The molecule has 0 aliphatic carbocycles. The molecule has 1 aromatic carbocycles. The van der Waals surface area contributed by atoms with Crippen LogP contribution in [-0.4, -0.2) is 49.6 Å². The van der Waals surface area contributed by atoms with Gasteiger partial charge in [0.1, 0.15) is 11.4 Å². The molecule has 0 radical (unpaired) electrons. The van der Waals surface area contributed by atoms with Gasteiger partial charge < -0.3 is 13.9 Å². The highest BCUT2D eigenvalue weighted by molar-refractivity contribution is 5.94. The van der Waals surface area contributed by atoms with E-state index in [0.29, 0.717) is 34.4 Å². The summed E-state index contributed by atoms with van der Waals surface area (Å²) in [5.41, 5.74) is 4.17. The number of carbonyl (C=O) groups is 1. The van der Waals surface area contributed by atoms with Gasteiger partial charge in [0.25, 0.3) is 17.7 Å². The Hall–Kier alpha value is -3.81. The van der Waals surface area contributed by atoms with Crippen molar-refractivity contribution >= 4 is 5.91 Å². The molecule has 0 bridgehead atoms. The first-order chi connectivity index (χ1) is 13.9. The molecule has 0 atom stereocenters. The summed E-state index contributed by atoms with van der Waals surface area (Å²) in [5.74, 6) is 0.685. The van der Waals surface area contributed by atoms with Gasteiger partial charge in [0.05, 0.1) is 17.6 Å². The van der Waals surface area contributed by atoms with Gasteiger partial charge in [-0.2, -0.15) is 0 Å². The van der Waals surface area contributed by atoms with Crippen LogP contribution in [0.4, 0.5) is 0 Å². The van der Waals surface area contributed by atoms with Crippen molar-refractivity contribution in [2.75, 3.05) is 14.1 Å². The van der Waals surface area contributed by atoms with Gasteiger partial charge in [0, 0.05) is 39.9 Å². The van der Waals surface area contributed by atoms with Crippen LogP contribution in [0.25, 0.3) is 34.4 Å². The summed E-state index contributed by atoms with van der Waals surface area (Å²) in [6.07, 6.45) is 3.60. The molecule has 0 aliphatic heterocycles. The van der Waals surface area contributed by atoms with E-state index in [0.717, 1.165) is 11.3 Å². The van der Waals surface area contributed by atoms with Crippen LogP contribution in [0.5, 0.6) is 0 Å². The van der Waals surface area contributed by atoms with Crippen LogP contribution >= 0.6 is 0 Å². The van der Waals surface area contributed by atoms with Crippen molar-refractivity contribution in [1.29, 1.82) is 0 Å². The number of aromatic nitrogens is 5. The van der Waals surface area contributed by atoms with Crippen molar-refractivity contribution in [3.63, 3.8) is 0 Å². The van der Waals surface area contributed by atoms with Gasteiger partial charge in [-0.3, -0.25) is 9.78 Å². The Morgan fingerprint density at radius 2 is 1.83 bits per heavy atom. The van der Waals surface area contributed by atoms with Crippen molar-refractivity contribution < 1.29 is 10.6 Å². The Morgan fingerprint density at radius 1 is 1.10 bits per heavy atom. The van der Waals surface area contributed by atoms with E-state index in [1.165, 1.54) is 0 Å². The van der Waals surface area contributed by atoms with Crippen molar-refractivity contribution in [2.24, 2.45) is 7.05 Å². The van der Waals surface area contributed by atoms with Crippen LogP contribution in [0.1, 0.15) is 17.5 Å². The summed E-state index contributed by atoms with van der Waals surface area (Å²) in [4.78, 5) is 22.7. The molecule has 4 aromatic rings. The number of benzene rings is 1. The van der Waals surface area contributed by atoms with Crippen molar-refractivity contribution in [3.8, 4) is 34.4 Å². The van der Waals surface area contributed by atoms with Crippen LogP contribution in [0.15, 0.2) is 53.2 Å². The third kappa shape index (κ3) is 3.52. The standard InChI is InChI=1S/C21H20N6O2.H2/c1-13-18(20-25-24-19(29-20)17-6-5-11-27(17)4)23-16(12-22-13)14-7-9-15(10-8-14)21(28)26(2)3;/h5-12H,1-4H3;1H. The number of nitrogens with zero attached hydrogens (tertiary/aromatic N) is 6. The zero-order chi connectivity index (χ0) is 20.5. The lowest BCUT2D eigenvalue weighted by atomic mass is 10.1. The summed E-state index contributed by atoms with van der Waals surface area (Å²) in [6.45, 7) is 1.84. The maximum atomic E-state index is 12.1. The van der Waals surface area contributed by atoms with Gasteiger partial charge >= 0.3 is 0 Å². The summed E-state index contributed by atoms with van der Waals surface area (Å²) < 4.78 is 7.75. The molecule has 0 saturated heterocycles. The molecule has 3 heterocycles. The number of carbonyl (C=O) groups excluding carboxylic acids is 1. The highest BCUT2D eigenvalue weighted by Gasteiger charge is 2.17. The third-order valence-electron chi connectivity index (χ3n) is 4.58. The number of aryl methyl sites for hydroxylation is 2. The fraction of sp³-hybridized carbons (Fsp3) is 0.190. The number of hydrogen-bond donors (Lipinski definition) is 0. The second-order valence-electron chi connectivity index (χ2n) is 6.88. The van der Waals surface area contributed by atoms with E-state index in [-0.39, 0.29) is 7.33 Å². The van der Waals surface area contributed by atoms with E-state index in [4.69, 9.17) is 4.42 Å². The minimum atomic E-state index is -0.0497. The molecule has 0 N–H and O–H groups in total. The van der Waals surface area contributed by atoms with Crippen molar-refractivity contribution in [3.05, 3.63) is 60.0 Å². The summed E-state index contributed by atoms with van der Waals surface area (Å²) in [6, 6.07) is 11.1. The largest absolute Gasteiger partial charge is 0.413 e. The second kappa shape index (κ2) is 7.31. The highest BCUT2D eigenvalue weighted by atomic mass is 16.4. The average Bonchev–Trinajstić information content (AvgIpc) is 3.36. The molecule has 0 saturated carbocycles. The Balaban J connectivity index is 0.00000256. The maximum absolute atomic E-state index is 12.1. The molecule has 148 valence electrons. The van der Waals surface area contributed by atoms with E-state index >= 15 is 0 Å². The Kier molecular flexibility index (Phi) is 4.67. The minimum Gasteiger partial charge on any atom is -0.413 e. The van der Waals surface area contributed by atoms with E-state index < -0.39 is 0 Å². The van der Waals surface area contributed by atoms with E-state index in [2.05, 4.69) is 20.2 Å². The minimum absolute atomic E-state index is 0. The summed E-state index contributed by atoms with van der Waals surface area (Å²) in [7, 11) is 5.36. The number of rotatable bonds is 4. The van der Waals surface area contributed by atoms with Gasteiger partial charge in [-0.1, -0.05) is 12.1 Å². The quantitative estimate of drug-likeness (QED) is 0.530. The molecule has 8 nitrogen and oxygen atoms in total. The van der Waals surface area contributed by atoms with Crippen LogP contribution in [-0.2, 0) is 7.05 Å². The van der Waals surface area contributed by atoms with Crippen LogP contribution < -0.4 is 0 Å². The fourth-order valence-corrected chi connectivity index (χ4v) is 2.94. The average molecular weight is 390 g/mol. The predicted octanol–water partition coefficient (Wildman–Crippen LogP) is 3.46. The van der Waals surface area contributed by atoms with Gasteiger partial charge in [0.15, 0.2) is 0 Å². The van der Waals surface area contributed by atoms with Crippen LogP contribution in [0.2, 0.25) is 0 Å². The van der Waals surface area contributed by atoms with Gasteiger partial charge in [-0.25, -0.2) is 4.98 Å². The lowest BCUT2D eigenvalue weighted by Gasteiger charge is -2.10. The molecule has 29 heavy (non-hydrogen) atoms. The number of amides is 1. The first-order valence-electron chi connectivity index (χ1n) is 9.05. The smallest absolute Gasteiger partial charge is 0.268 e. The highest BCUT2D eigenvalue weighted by Crippen LogP contribution is 2.26. The van der Waals surface area contributed by atoms with E-state index in [9.17, 15) is 4.79 Å². The first kappa shape index (κ1) is 18.5. The molecule has 3 aromatic heterocycles. The predicted molar refractivity (Wildman–Crippen MR) is 110 cm³/mol. The maximum Gasteiger partial charge on any atom is 0.268 e. The SMILES string of the molecule is Cc1ncc(-c2ccc(C(=O)N(C)C)cc2)nc1-c1nnc(-c2cccn2C)o1.[HH]. The van der Waals surface area contributed by atoms with E-state index in [1.54, 1.807) is 37.3 Å². The van der Waals surface area contributed by atoms with Crippen LogP contribution in [0, 0.1) is 6.92 Å². The lowest BCUT2D eigenvalue weighted by Crippen LogP contribution is -2.21. The molecule has 8 heteroatoms. The van der Waals surface area contributed by atoms with Gasteiger partial charge in [-0.15, -0.1) is 10.2 Å². The lowest BCUT2D eigenvalue weighted by molar-refractivity contribution is 0.0827. The molecule has 0 spiro atoms. The molecule has 0 aliphatic rings. The number of hydrogen-bond acceptors (Lipinski definition) is 6. The van der Waals surface area contributed by atoms with Crippen molar-refractivity contribution in [1.82, 2.24) is 29.6 Å². The normalized spacial score (nSPS) is 10.9. The Morgan fingerprint density at radius 3 is 2.48 bits per heavy atom. The summed E-state index contributed by atoms with van der Waals surface area (Å²) >= 11 is 0. The summed E-state index contributed by atoms with van der Waals surface area (Å²) in [5, 5.41) is 8.29. The second-order valence-corrected chi connectivity index (χ2v) is 6.88. The molecule has 4 rings (SSSR count). The van der Waals surface area contributed by atoms with Crippen molar-refractivity contribution in [2.45, 2.75) is 6.92 Å². The molecule has 0 unspecified atom stereocenters. The first-order valence-corrected chi connectivity index (χ1v) is 9.05. The van der Waals surface area contributed by atoms with Gasteiger partial charge in [0.2, 0.25) is 0 Å². The Labute approximate surface area is 169 Å². The molecule has 1 amide bonds. The molecular weight excluding hydrogens is 368 g/mol. The Bertz CT molecular complexity index is 1180. The zero-order valence-corrected chi connectivity index (χ0v) is 16.6.